The molecule has 3 atom stereocenters. The topological polar surface area (TPSA) is 24.1 Å². The van der Waals surface area contributed by atoms with Crippen LogP contribution in [0.4, 0.5) is 0 Å². The maximum atomic E-state index is 3.66. The molecule has 1 aliphatic heterocycles. The molecule has 1 saturated heterocycles. The van der Waals surface area contributed by atoms with Crippen molar-refractivity contribution >= 4 is 0 Å². The van der Waals surface area contributed by atoms with Crippen LogP contribution in [0.3, 0.4) is 0 Å². The van der Waals surface area contributed by atoms with E-state index in [1.54, 1.807) is 0 Å². The van der Waals surface area contributed by atoms with Gasteiger partial charge in [0.2, 0.25) is 0 Å². The fourth-order valence-corrected chi connectivity index (χ4v) is 2.13. The number of piperidine rings is 1. The molecule has 2 aliphatic rings. The van der Waals surface area contributed by atoms with Gasteiger partial charge in [0.25, 0.3) is 0 Å². The van der Waals surface area contributed by atoms with E-state index in [-0.39, 0.29) is 0 Å². The second-order valence-electron chi connectivity index (χ2n) is 4.91. The van der Waals surface area contributed by atoms with Gasteiger partial charge < -0.3 is 10.6 Å². The largest absolute Gasteiger partial charge is 0.316 e. The lowest BCUT2D eigenvalue weighted by Gasteiger charge is -2.22. The van der Waals surface area contributed by atoms with Crippen LogP contribution >= 0.6 is 0 Å². The molecule has 64 valence electrons. The lowest BCUT2D eigenvalue weighted by atomic mass is 10.1. The minimum absolute atomic E-state index is 0.301. The maximum absolute atomic E-state index is 3.66. The summed E-state index contributed by atoms with van der Waals surface area (Å²) in [5.41, 5.74) is 0.301. The van der Waals surface area contributed by atoms with Gasteiger partial charge in [-0.15, -0.1) is 0 Å². The Morgan fingerprint density at radius 2 is 1.73 bits per heavy atom. The number of fused-ring (bicyclic) bond motifs is 1. The number of nitrogens with one attached hydrogen (secondary N) is 2. The average molecular weight is 154 g/mol. The highest BCUT2D eigenvalue weighted by Gasteiger charge is 2.53. The van der Waals surface area contributed by atoms with Crippen LogP contribution in [0.2, 0.25) is 0 Å². The molecule has 2 rings (SSSR count). The molecule has 1 saturated carbocycles. The van der Waals surface area contributed by atoms with Gasteiger partial charge in [0.15, 0.2) is 0 Å². The lowest BCUT2D eigenvalue weighted by Crippen LogP contribution is -2.41. The van der Waals surface area contributed by atoms with Crippen LogP contribution < -0.4 is 10.6 Å². The molecule has 1 unspecified atom stereocenters. The highest BCUT2D eigenvalue weighted by molar-refractivity contribution is 5.10. The third kappa shape index (κ3) is 1.42. The smallest absolute Gasteiger partial charge is 0.0160 e. The molecule has 0 amide bonds. The summed E-state index contributed by atoms with van der Waals surface area (Å²) in [5.74, 6) is 1.88. The Bertz CT molecular complexity index is 149. The van der Waals surface area contributed by atoms with Crippen molar-refractivity contribution in [2.24, 2.45) is 11.8 Å². The zero-order valence-electron chi connectivity index (χ0n) is 7.65. The van der Waals surface area contributed by atoms with Crippen molar-refractivity contribution in [2.75, 3.05) is 13.1 Å². The van der Waals surface area contributed by atoms with E-state index in [2.05, 4.69) is 31.4 Å². The van der Waals surface area contributed by atoms with E-state index in [0.717, 1.165) is 17.9 Å². The quantitative estimate of drug-likeness (QED) is 0.577. The highest BCUT2D eigenvalue weighted by atomic mass is 15.1. The van der Waals surface area contributed by atoms with E-state index in [9.17, 15) is 0 Å². The minimum Gasteiger partial charge on any atom is -0.316 e. The Labute approximate surface area is 68.7 Å². The van der Waals surface area contributed by atoms with Crippen LogP contribution in [0.15, 0.2) is 0 Å². The Balaban J connectivity index is 1.83. The normalized spacial score (nSPS) is 42.3. The van der Waals surface area contributed by atoms with Crippen molar-refractivity contribution in [3.63, 3.8) is 0 Å². The van der Waals surface area contributed by atoms with E-state index in [1.165, 1.54) is 13.1 Å². The predicted molar refractivity (Wildman–Crippen MR) is 46.5 cm³/mol. The molecule has 1 heterocycles. The van der Waals surface area contributed by atoms with Crippen molar-refractivity contribution in [2.45, 2.75) is 32.4 Å². The van der Waals surface area contributed by atoms with Gasteiger partial charge >= 0.3 is 0 Å². The number of hydrogen-bond acceptors (Lipinski definition) is 2. The zero-order valence-corrected chi connectivity index (χ0v) is 7.65. The van der Waals surface area contributed by atoms with Crippen LogP contribution in [0.5, 0.6) is 0 Å². The molecule has 1 aliphatic carbocycles. The molecule has 2 heteroatoms. The zero-order chi connectivity index (χ0) is 8.06. The van der Waals surface area contributed by atoms with Crippen LogP contribution in [0, 0.1) is 11.8 Å². The first-order valence-electron chi connectivity index (χ1n) is 4.56. The third-order valence-electron chi connectivity index (χ3n) is 2.69. The van der Waals surface area contributed by atoms with Gasteiger partial charge in [-0.2, -0.15) is 0 Å². The Morgan fingerprint density at radius 1 is 1.18 bits per heavy atom. The van der Waals surface area contributed by atoms with Crippen molar-refractivity contribution in [3.05, 3.63) is 0 Å². The Kier molecular flexibility index (Phi) is 1.52. The molecule has 2 N–H and O–H groups in total. The monoisotopic (exact) mass is 154 g/mol. The summed E-state index contributed by atoms with van der Waals surface area (Å²) in [6.45, 7) is 9.20. The minimum atomic E-state index is 0.301. The van der Waals surface area contributed by atoms with E-state index < -0.39 is 0 Å². The van der Waals surface area contributed by atoms with Crippen molar-refractivity contribution in [1.82, 2.24) is 10.6 Å². The summed E-state index contributed by atoms with van der Waals surface area (Å²) in [6, 6.07) is 0.816. The first-order chi connectivity index (χ1) is 5.08. The van der Waals surface area contributed by atoms with Gasteiger partial charge in [-0.25, -0.2) is 0 Å². The summed E-state index contributed by atoms with van der Waals surface area (Å²) in [4.78, 5) is 0. The lowest BCUT2D eigenvalue weighted by molar-refractivity contribution is 0.393. The van der Waals surface area contributed by atoms with Crippen molar-refractivity contribution < 1.29 is 0 Å². The summed E-state index contributed by atoms with van der Waals surface area (Å²) in [5, 5.41) is 7.05. The molecule has 0 aromatic heterocycles. The summed E-state index contributed by atoms with van der Waals surface area (Å²) in [6.07, 6.45) is 0. The van der Waals surface area contributed by atoms with Gasteiger partial charge in [-0.05, 0) is 45.7 Å². The fourth-order valence-electron chi connectivity index (χ4n) is 2.13. The molecule has 2 fully saturated rings. The van der Waals surface area contributed by atoms with E-state index in [1.807, 2.05) is 0 Å². The first-order valence-corrected chi connectivity index (χ1v) is 4.56. The third-order valence-corrected chi connectivity index (χ3v) is 2.69. The molecular formula is C9H18N2. The van der Waals surface area contributed by atoms with Gasteiger partial charge in [-0.1, -0.05) is 0 Å². The second-order valence-corrected chi connectivity index (χ2v) is 4.91. The predicted octanol–water partition coefficient (Wildman–Crippen LogP) is 0.592. The van der Waals surface area contributed by atoms with Crippen molar-refractivity contribution in [3.8, 4) is 0 Å². The molecule has 11 heavy (non-hydrogen) atoms. The van der Waals surface area contributed by atoms with Crippen molar-refractivity contribution in [1.29, 1.82) is 0 Å². The van der Waals surface area contributed by atoms with Crippen LogP contribution in [0.25, 0.3) is 0 Å². The van der Waals surface area contributed by atoms with Gasteiger partial charge in [0.1, 0.15) is 0 Å². The van der Waals surface area contributed by atoms with E-state index >= 15 is 0 Å². The highest BCUT2D eigenvalue weighted by Crippen LogP contribution is 2.42. The molecular weight excluding hydrogens is 136 g/mol. The standard InChI is InChI=1S/C9H18N2/c1-9(2,3)11-8-6-4-10-5-7(6)8/h6-8,10-11H,4-5H2,1-3H3/t6-,7+,8?. The maximum Gasteiger partial charge on any atom is 0.0160 e. The summed E-state index contributed by atoms with van der Waals surface area (Å²) in [7, 11) is 0. The van der Waals surface area contributed by atoms with E-state index in [0.29, 0.717) is 5.54 Å². The fraction of sp³-hybridized carbons (Fsp3) is 1.00. The number of hydrogen-bond donors (Lipinski definition) is 2. The SMILES string of the molecule is CC(C)(C)NC1[C@H]2CNC[C@@H]12. The van der Waals surface area contributed by atoms with Crippen LogP contribution in [0.1, 0.15) is 20.8 Å². The van der Waals surface area contributed by atoms with E-state index in [4.69, 9.17) is 0 Å². The summed E-state index contributed by atoms with van der Waals surface area (Å²) < 4.78 is 0. The molecule has 0 spiro atoms. The molecule has 0 bridgehead atoms. The Morgan fingerprint density at radius 3 is 2.18 bits per heavy atom. The second kappa shape index (κ2) is 2.20. The van der Waals surface area contributed by atoms with Gasteiger partial charge in [0, 0.05) is 11.6 Å². The molecule has 0 aromatic carbocycles. The number of rotatable bonds is 1. The van der Waals surface area contributed by atoms with Crippen LogP contribution in [-0.2, 0) is 0 Å². The summed E-state index contributed by atoms with van der Waals surface area (Å²) >= 11 is 0. The Hall–Kier alpha value is -0.0800. The van der Waals surface area contributed by atoms with Gasteiger partial charge in [0.05, 0.1) is 0 Å². The molecule has 2 nitrogen and oxygen atoms in total. The van der Waals surface area contributed by atoms with Crippen LogP contribution in [-0.4, -0.2) is 24.7 Å². The van der Waals surface area contributed by atoms with Gasteiger partial charge in [-0.3, -0.25) is 0 Å². The average Bonchev–Trinajstić information content (AvgIpc) is 2.39. The molecule has 0 radical (unpaired) electrons. The molecule has 0 aromatic rings. The first kappa shape index (κ1) is 7.56.